The van der Waals surface area contributed by atoms with Gasteiger partial charge in [-0.3, -0.25) is 9.88 Å². The lowest BCUT2D eigenvalue weighted by Gasteiger charge is -2.31. The Labute approximate surface area is 253 Å². The molecule has 0 saturated carbocycles. The van der Waals surface area contributed by atoms with E-state index in [2.05, 4.69) is 26.8 Å². The lowest BCUT2D eigenvalue weighted by atomic mass is 9.92. The van der Waals surface area contributed by atoms with Gasteiger partial charge in [0.25, 0.3) is 0 Å². The van der Waals surface area contributed by atoms with Crippen LogP contribution in [0.4, 0.5) is 19.0 Å². The summed E-state index contributed by atoms with van der Waals surface area (Å²) >= 11 is 0. The van der Waals surface area contributed by atoms with E-state index >= 15 is 4.39 Å². The molecule has 2 aromatic heterocycles. The summed E-state index contributed by atoms with van der Waals surface area (Å²) in [4.78, 5) is 17.7. The quantitative estimate of drug-likeness (QED) is 0.282. The van der Waals surface area contributed by atoms with Gasteiger partial charge in [0.1, 0.15) is 41.4 Å². The minimum absolute atomic E-state index is 0.0221. The zero-order chi connectivity index (χ0) is 30.7. The van der Waals surface area contributed by atoms with Gasteiger partial charge in [0.15, 0.2) is 5.82 Å². The molecule has 0 unspecified atom stereocenters. The zero-order valence-electron chi connectivity index (χ0n) is 24.9. The van der Waals surface area contributed by atoms with Gasteiger partial charge in [-0.25, -0.2) is 13.2 Å². The zero-order valence-corrected chi connectivity index (χ0v) is 24.9. The molecule has 5 heterocycles. The van der Waals surface area contributed by atoms with E-state index in [1.807, 2.05) is 6.92 Å². The van der Waals surface area contributed by atoms with Crippen molar-refractivity contribution >= 4 is 27.5 Å². The molecule has 2 aromatic carbocycles. The molecule has 0 bridgehead atoms. The summed E-state index contributed by atoms with van der Waals surface area (Å²) in [6.45, 7) is 6.06. The fourth-order valence-corrected chi connectivity index (χ4v) is 7.84. The number of phenolic OH excluding ortho intramolecular Hbond substituents is 1. The highest BCUT2D eigenvalue weighted by molar-refractivity contribution is 6.01. The summed E-state index contributed by atoms with van der Waals surface area (Å²) in [6.07, 6.45) is 3.74. The normalized spacial score (nSPS) is 25.4. The van der Waals surface area contributed by atoms with Crippen molar-refractivity contribution in [2.24, 2.45) is 5.92 Å². The second-order valence-electron chi connectivity index (χ2n) is 12.7. The fourth-order valence-electron chi connectivity index (χ4n) is 7.84. The van der Waals surface area contributed by atoms with Crippen molar-refractivity contribution in [2.75, 3.05) is 37.7 Å². The summed E-state index contributed by atoms with van der Waals surface area (Å²) in [5.74, 6) is -0.563. The number of hydrogen-bond acceptors (Lipinski definition) is 8. The topological polar surface area (TPSA) is 94.8 Å². The minimum atomic E-state index is -1.19. The van der Waals surface area contributed by atoms with Crippen LogP contribution in [-0.2, 0) is 6.42 Å². The van der Waals surface area contributed by atoms with Gasteiger partial charge in [-0.15, -0.1) is 0 Å². The Kier molecular flexibility index (Phi) is 7.28. The number of aliphatic hydroxyl groups is 1. The summed E-state index contributed by atoms with van der Waals surface area (Å²) in [5, 5.41) is 21.8. The Morgan fingerprint density at radius 1 is 1.16 bits per heavy atom. The number of hydrogen-bond donors (Lipinski definition) is 2. The molecule has 3 saturated heterocycles. The smallest absolute Gasteiger partial charge is 0.319 e. The largest absolute Gasteiger partial charge is 0.508 e. The van der Waals surface area contributed by atoms with Crippen LogP contribution in [0.15, 0.2) is 30.5 Å². The van der Waals surface area contributed by atoms with Crippen LogP contribution in [0.25, 0.3) is 32.9 Å². The van der Waals surface area contributed by atoms with Crippen LogP contribution >= 0.6 is 0 Å². The number of aromatic hydroxyl groups is 1. The van der Waals surface area contributed by atoms with Gasteiger partial charge in [0.05, 0.1) is 30.1 Å². The lowest BCUT2D eigenvalue weighted by molar-refractivity contribution is 0.107. The number of pyridine rings is 1. The first kappa shape index (κ1) is 29.0. The van der Waals surface area contributed by atoms with Crippen molar-refractivity contribution < 1.29 is 28.1 Å². The number of anilines is 1. The average molecular weight is 608 g/mol. The van der Waals surface area contributed by atoms with Crippen molar-refractivity contribution in [2.45, 2.75) is 63.7 Å². The number of phenols is 1. The lowest BCUT2D eigenvalue weighted by Crippen LogP contribution is -2.43. The summed E-state index contributed by atoms with van der Waals surface area (Å²) < 4.78 is 52.5. The van der Waals surface area contributed by atoms with E-state index in [0.29, 0.717) is 35.3 Å². The molecule has 3 aliphatic heterocycles. The minimum Gasteiger partial charge on any atom is -0.508 e. The second-order valence-corrected chi connectivity index (χ2v) is 12.7. The van der Waals surface area contributed by atoms with E-state index in [0.717, 1.165) is 32.4 Å². The predicted octanol–water partition coefficient (Wildman–Crippen LogP) is 5.55. The molecule has 7 rings (SSSR count). The van der Waals surface area contributed by atoms with E-state index in [9.17, 15) is 19.0 Å². The van der Waals surface area contributed by atoms with Gasteiger partial charge in [0, 0.05) is 24.7 Å². The van der Waals surface area contributed by atoms with E-state index in [1.165, 1.54) is 24.4 Å². The highest BCUT2D eigenvalue weighted by Crippen LogP contribution is 2.43. The van der Waals surface area contributed by atoms with Crippen LogP contribution in [0, 0.1) is 17.6 Å². The third-order valence-corrected chi connectivity index (χ3v) is 9.72. The number of aliphatic hydroxyl groups excluding tert-OH is 1. The van der Waals surface area contributed by atoms with Crippen LogP contribution in [0.1, 0.15) is 45.1 Å². The van der Waals surface area contributed by atoms with Crippen LogP contribution in [0.3, 0.4) is 0 Å². The molecular weight excluding hydrogens is 571 g/mol. The third kappa shape index (κ3) is 4.72. The molecule has 0 radical (unpaired) electrons. The maximum atomic E-state index is 16.7. The van der Waals surface area contributed by atoms with Crippen LogP contribution in [-0.4, -0.2) is 80.7 Å². The number of nitrogens with zero attached hydrogens (tertiary/aromatic N) is 5. The number of fused-ring (bicyclic) bond motifs is 3. The van der Waals surface area contributed by atoms with E-state index < -0.39 is 23.8 Å². The second kappa shape index (κ2) is 11.0. The molecule has 0 spiro atoms. The number of rotatable bonds is 7. The van der Waals surface area contributed by atoms with Gasteiger partial charge >= 0.3 is 6.01 Å². The van der Waals surface area contributed by atoms with Gasteiger partial charge in [-0.1, -0.05) is 19.9 Å². The SMILES string of the molecule is CCc1c(F)ccc2cc(O)cc(-c3ncc4c(N5C[C@H](F)C[C@H]5CO)nc(OC[C@@]56CCCN5C[C@H](C)C6)nc4c3F)c12. The fraction of sp³-hybridized carbons (Fsp3) is 0.485. The molecule has 44 heavy (non-hydrogen) atoms. The van der Waals surface area contributed by atoms with E-state index in [-0.39, 0.29) is 64.8 Å². The van der Waals surface area contributed by atoms with Gasteiger partial charge in [-0.2, -0.15) is 9.97 Å². The molecular formula is C33H36F3N5O3. The maximum absolute atomic E-state index is 16.7. The van der Waals surface area contributed by atoms with Crippen molar-refractivity contribution in [3.05, 3.63) is 47.7 Å². The number of halogens is 3. The Hall–Kier alpha value is -3.70. The van der Waals surface area contributed by atoms with Gasteiger partial charge < -0.3 is 19.8 Å². The molecule has 2 N–H and O–H groups in total. The van der Waals surface area contributed by atoms with Crippen LogP contribution in [0.5, 0.6) is 11.8 Å². The molecule has 4 aromatic rings. The van der Waals surface area contributed by atoms with Crippen molar-refractivity contribution in [1.82, 2.24) is 19.9 Å². The van der Waals surface area contributed by atoms with Crippen molar-refractivity contribution in [3.8, 4) is 23.0 Å². The average Bonchev–Trinajstić information content (AvgIpc) is 3.67. The standard InChI is InChI=1S/C33H36F3N5O3/c1-3-23-26(35)6-5-19-9-22(43)11-24(27(19)23)29-28(36)30-25(13-37-29)31(41-15-20(34)10-21(41)16-42)39-32(38-30)44-17-33-7-4-8-40(33)14-18(2)12-33/h5-6,9,11,13,18,20-21,42-43H,3-4,7-8,10,12,14-17H2,1-2H3/t18-,20-,21+,33+/m1/s1. The Bertz CT molecular complexity index is 1760. The molecule has 0 amide bonds. The Morgan fingerprint density at radius 3 is 2.80 bits per heavy atom. The number of alkyl halides is 1. The number of benzene rings is 2. The maximum Gasteiger partial charge on any atom is 0.319 e. The van der Waals surface area contributed by atoms with E-state index in [1.54, 1.807) is 11.0 Å². The first-order chi connectivity index (χ1) is 21.2. The first-order valence-corrected chi connectivity index (χ1v) is 15.4. The summed E-state index contributed by atoms with van der Waals surface area (Å²) in [7, 11) is 0. The van der Waals surface area contributed by atoms with Crippen LogP contribution < -0.4 is 9.64 Å². The molecule has 3 fully saturated rings. The number of aromatic nitrogens is 3. The monoisotopic (exact) mass is 607 g/mol. The molecule has 8 nitrogen and oxygen atoms in total. The number of ether oxygens (including phenoxy) is 1. The molecule has 232 valence electrons. The predicted molar refractivity (Wildman–Crippen MR) is 162 cm³/mol. The number of aryl methyl sites for hydroxylation is 1. The third-order valence-electron chi connectivity index (χ3n) is 9.72. The summed E-state index contributed by atoms with van der Waals surface area (Å²) in [5.41, 5.74) is 0.293. The Morgan fingerprint density at radius 2 is 2.00 bits per heavy atom. The summed E-state index contributed by atoms with van der Waals surface area (Å²) in [6, 6.07) is 5.17. The highest BCUT2D eigenvalue weighted by atomic mass is 19.1. The Balaban J connectivity index is 1.39. The highest BCUT2D eigenvalue weighted by Gasteiger charge is 2.48. The molecule has 11 heteroatoms. The first-order valence-electron chi connectivity index (χ1n) is 15.4. The van der Waals surface area contributed by atoms with Crippen molar-refractivity contribution in [3.63, 3.8) is 0 Å². The molecule has 3 aliphatic rings. The van der Waals surface area contributed by atoms with Gasteiger partial charge in [0.2, 0.25) is 0 Å². The van der Waals surface area contributed by atoms with Crippen molar-refractivity contribution in [1.29, 1.82) is 0 Å². The molecule has 4 atom stereocenters. The van der Waals surface area contributed by atoms with Crippen LogP contribution in [0.2, 0.25) is 0 Å². The van der Waals surface area contributed by atoms with E-state index in [4.69, 9.17) is 4.74 Å². The van der Waals surface area contributed by atoms with Gasteiger partial charge in [-0.05, 0) is 72.7 Å². The molecule has 0 aliphatic carbocycles.